The van der Waals surface area contributed by atoms with Crippen LogP contribution in [0.1, 0.15) is 20.7 Å². The second kappa shape index (κ2) is 8.04. The summed E-state index contributed by atoms with van der Waals surface area (Å²) in [5.41, 5.74) is 0.683. The Morgan fingerprint density at radius 2 is 1.00 bits per heavy atom. The summed E-state index contributed by atoms with van der Waals surface area (Å²) in [7, 11) is 0. The second-order valence-corrected chi connectivity index (χ2v) is 6.14. The van der Waals surface area contributed by atoms with Crippen LogP contribution in [0.15, 0.2) is 72.8 Å². The molecular weight excluding hydrogens is 375 g/mol. The first-order valence-corrected chi connectivity index (χ1v) is 8.32. The van der Waals surface area contributed by atoms with Crippen LogP contribution < -0.4 is 9.47 Å². The van der Waals surface area contributed by atoms with Crippen LogP contribution in [0.25, 0.3) is 0 Å². The van der Waals surface area contributed by atoms with Crippen molar-refractivity contribution in [3.05, 3.63) is 94.0 Å². The lowest BCUT2D eigenvalue weighted by atomic mass is 10.2. The average molecular weight is 387 g/mol. The van der Waals surface area contributed by atoms with Crippen molar-refractivity contribution in [2.24, 2.45) is 0 Å². The molecule has 0 bridgehead atoms. The third-order valence-corrected chi connectivity index (χ3v) is 3.84. The number of carbonyl (C=O) groups excluding carboxylic acids is 2. The van der Waals surface area contributed by atoms with E-state index in [4.69, 9.17) is 32.7 Å². The number of esters is 2. The van der Waals surface area contributed by atoms with E-state index in [0.717, 1.165) is 0 Å². The molecule has 0 aliphatic rings. The molecule has 3 rings (SSSR count). The van der Waals surface area contributed by atoms with Gasteiger partial charge in [-0.2, -0.15) is 0 Å². The molecule has 3 aromatic rings. The van der Waals surface area contributed by atoms with Gasteiger partial charge in [0.1, 0.15) is 11.5 Å². The number of ether oxygens (including phenoxy) is 2. The Labute approximate surface area is 159 Å². The van der Waals surface area contributed by atoms with Crippen molar-refractivity contribution >= 4 is 35.1 Å². The molecule has 26 heavy (non-hydrogen) atoms. The van der Waals surface area contributed by atoms with Gasteiger partial charge in [0.15, 0.2) is 0 Å². The van der Waals surface area contributed by atoms with Gasteiger partial charge in [0, 0.05) is 10.0 Å². The van der Waals surface area contributed by atoms with E-state index >= 15 is 0 Å². The summed E-state index contributed by atoms with van der Waals surface area (Å²) in [6, 6.07) is 19.0. The van der Waals surface area contributed by atoms with Gasteiger partial charge in [0.2, 0.25) is 0 Å². The summed E-state index contributed by atoms with van der Waals surface area (Å²) in [4.78, 5) is 24.1. The molecule has 0 aliphatic heterocycles. The van der Waals surface area contributed by atoms with Crippen molar-refractivity contribution in [3.8, 4) is 11.5 Å². The monoisotopic (exact) mass is 386 g/mol. The van der Waals surface area contributed by atoms with Crippen LogP contribution >= 0.6 is 23.2 Å². The molecule has 0 saturated heterocycles. The summed E-state index contributed by atoms with van der Waals surface area (Å²) in [5, 5.41) is 0.894. The highest BCUT2D eigenvalue weighted by Crippen LogP contribution is 2.21. The van der Waals surface area contributed by atoms with Crippen molar-refractivity contribution in [1.82, 2.24) is 0 Å². The normalized spacial score (nSPS) is 10.2. The molecule has 6 heteroatoms. The van der Waals surface area contributed by atoms with Gasteiger partial charge in [-0.05, 0) is 60.7 Å². The molecule has 0 amide bonds. The first-order valence-electron chi connectivity index (χ1n) is 7.57. The summed E-state index contributed by atoms with van der Waals surface area (Å²) in [6.45, 7) is 0. The SMILES string of the molecule is O=C(Oc1ccc(OC(=O)c2cccc(Cl)c2)cc1)c1cccc(Cl)c1. The molecular formula is C20H12Cl2O4. The topological polar surface area (TPSA) is 52.6 Å². The smallest absolute Gasteiger partial charge is 0.343 e. The van der Waals surface area contributed by atoms with Gasteiger partial charge in [-0.25, -0.2) is 9.59 Å². The van der Waals surface area contributed by atoms with Crippen LogP contribution in [0.3, 0.4) is 0 Å². The summed E-state index contributed by atoms with van der Waals surface area (Å²) < 4.78 is 10.5. The van der Waals surface area contributed by atoms with Gasteiger partial charge < -0.3 is 9.47 Å². The van der Waals surface area contributed by atoms with Gasteiger partial charge >= 0.3 is 11.9 Å². The summed E-state index contributed by atoms with van der Waals surface area (Å²) >= 11 is 11.7. The minimum atomic E-state index is -0.531. The molecule has 0 heterocycles. The van der Waals surface area contributed by atoms with Crippen molar-refractivity contribution in [1.29, 1.82) is 0 Å². The highest BCUT2D eigenvalue weighted by atomic mass is 35.5. The Bertz CT molecular complexity index is 874. The fourth-order valence-electron chi connectivity index (χ4n) is 2.14. The standard InChI is InChI=1S/C20H12Cl2O4/c21-15-5-1-3-13(11-15)19(23)25-17-7-9-18(10-8-17)26-20(24)14-4-2-6-16(22)12-14/h1-12H. The van der Waals surface area contributed by atoms with Crippen molar-refractivity contribution in [3.63, 3.8) is 0 Å². The zero-order valence-corrected chi connectivity index (χ0v) is 14.8. The summed E-state index contributed by atoms with van der Waals surface area (Å²) in [5.74, 6) is -0.428. The number of benzene rings is 3. The highest BCUT2D eigenvalue weighted by molar-refractivity contribution is 6.31. The van der Waals surface area contributed by atoms with Gasteiger partial charge in [0.05, 0.1) is 11.1 Å². The number of hydrogen-bond acceptors (Lipinski definition) is 4. The largest absolute Gasteiger partial charge is 0.423 e. The molecule has 130 valence electrons. The van der Waals surface area contributed by atoms with Crippen LogP contribution in [0.4, 0.5) is 0 Å². The molecule has 0 unspecified atom stereocenters. The number of rotatable bonds is 4. The molecule has 0 radical (unpaired) electrons. The lowest BCUT2D eigenvalue weighted by Gasteiger charge is -2.07. The van der Waals surface area contributed by atoms with Gasteiger partial charge in [-0.3, -0.25) is 0 Å². The Morgan fingerprint density at radius 3 is 1.35 bits per heavy atom. The number of hydrogen-bond donors (Lipinski definition) is 0. The Morgan fingerprint density at radius 1 is 0.615 bits per heavy atom. The summed E-state index contributed by atoms with van der Waals surface area (Å²) in [6.07, 6.45) is 0. The second-order valence-electron chi connectivity index (χ2n) is 5.27. The number of carbonyl (C=O) groups is 2. The molecule has 0 spiro atoms. The third kappa shape index (κ3) is 4.63. The van der Waals surface area contributed by atoms with E-state index in [9.17, 15) is 9.59 Å². The van der Waals surface area contributed by atoms with Crippen molar-refractivity contribution < 1.29 is 19.1 Å². The maximum atomic E-state index is 12.1. The van der Waals surface area contributed by atoms with E-state index < -0.39 is 11.9 Å². The zero-order valence-electron chi connectivity index (χ0n) is 13.3. The van der Waals surface area contributed by atoms with Crippen molar-refractivity contribution in [2.75, 3.05) is 0 Å². The van der Waals surface area contributed by atoms with Crippen LogP contribution in [0, 0.1) is 0 Å². The first-order chi connectivity index (χ1) is 12.5. The minimum Gasteiger partial charge on any atom is -0.423 e. The van der Waals surface area contributed by atoms with E-state index in [-0.39, 0.29) is 0 Å². The highest BCUT2D eigenvalue weighted by Gasteiger charge is 2.11. The molecule has 0 aromatic heterocycles. The van der Waals surface area contributed by atoms with Crippen LogP contribution in [-0.4, -0.2) is 11.9 Å². The molecule has 0 saturated carbocycles. The van der Waals surface area contributed by atoms with Crippen LogP contribution in [0.5, 0.6) is 11.5 Å². The lowest BCUT2D eigenvalue weighted by Crippen LogP contribution is -2.09. The molecule has 0 fully saturated rings. The fourth-order valence-corrected chi connectivity index (χ4v) is 2.52. The first kappa shape index (κ1) is 18.0. The van der Waals surface area contributed by atoms with E-state index in [1.807, 2.05) is 0 Å². The van der Waals surface area contributed by atoms with Crippen LogP contribution in [0.2, 0.25) is 10.0 Å². The molecule has 3 aromatic carbocycles. The third-order valence-electron chi connectivity index (χ3n) is 3.37. The minimum absolute atomic E-state index is 0.317. The molecule has 0 N–H and O–H groups in total. The fraction of sp³-hybridized carbons (Fsp3) is 0. The predicted octanol–water partition coefficient (Wildman–Crippen LogP) is 5.43. The van der Waals surface area contributed by atoms with E-state index in [1.165, 1.54) is 36.4 Å². The molecule has 0 aliphatic carbocycles. The van der Waals surface area contributed by atoms with Gasteiger partial charge in [-0.1, -0.05) is 35.3 Å². The van der Waals surface area contributed by atoms with E-state index in [1.54, 1.807) is 36.4 Å². The Hall–Kier alpha value is -2.82. The van der Waals surface area contributed by atoms with E-state index in [0.29, 0.717) is 32.7 Å². The van der Waals surface area contributed by atoms with E-state index in [2.05, 4.69) is 0 Å². The zero-order chi connectivity index (χ0) is 18.5. The molecule has 0 atom stereocenters. The molecule has 4 nitrogen and oxygen atoms in total. The Kier molecular flexibility index (Phi) is 5.56. The van der Waals surface area contributed by atoms with Gasteiger partial charge in [-0.15, -0.1) is 0 Å². The van der Waals surface area contributed by atoms with Crippen LogP contribution in [-0.2, 0) is 0 Å². The Balaban J connectivity index is 1.65. The quantitative estimate of drug-likeness (QED) is 0.442. The van der Waals surface area contributed by atoms with Gasteiger partial charge in [0.25, 0.3) is 0 Å². The predicted molar refractivity (Wildman–Crippen MR) is 99.3 cm³/mol. The maximum absolute atomic E-state index is 12.1. The lowest BCUT2D eigenvalue weighted by molar-refractivity contribution is 0.0719. The maximum Gasteiger partial charge on any atom is 0.343 e. The average Bonchev–Trinajstić information content (AvgIpc) is 2.63. The van der Waals surface area contributed by atoms with Crippen molar-refractivity contribution in [2.45, 2.75) is 0 Å². The number of halogens is 2.